The molecule has 0 unspecified atom stereocenters. The van der Waals surface area contributed by atoms with Crippen LogP contribution in [0.3, 0.4) is 0 Å². The second-order valence-corrected chi connectivity index (χ2v) is 11.6. The van der Waals surface area contributed by atoms with Gasteiger partial charge < -0.3 is 10.1 Å². The van der Waals surface area contributed by atoms with Crippen LogP contribution in [-0.2, 0) is 13.0 Å². The van der Waals surface area contributed by atoms with E-state index in [1.807, 2.05) is 0 Å². The van der Waals surface area contributed by atoms with Crippen molar-refractivity contribution in [2.75, 3.05) is 44.6 Å². The van der Waals surface area contributed by atoms with Crippen molar-refractivity contribution in [3.05, 3.63) is 46.1 Å². The Morgan fingerprint density at radius 2 is 1.75 bits per heavy atom. The van der Waals surface area contributed by atoms with Gasteiger partial charge >= 0.3 is 0 Å². The fourth-order valence-electron chi connectivity index (χ4n) is 5.41. The molecule has 0 radical (unpaired) electrons. The highest BCUT2D eigenvalue weighted by atomic mass is 32.1. The molecular formula is C29H41N5OS. The van der Waals surface area contributed by atoms with E-state index in [9.17, 15) is 0 Å². The zero-order valence-corrected chi connectivity index (χ0v) is 23.0. The minimum absolute atomic E-state index is 0.458. The molecule has 36 heavy (non-hydrogen) atoms. The summed E-state index contributed by atoms with van der Waals surface area (Å²) in [4.78, 5) is 17.3. The maximum Gasteiger partial charge on any atom is 0.139 e. The minimum atomic E-state index is 0.458. The molecule has 2 aliphatic rings. The van der Waals surface area contributed by atoms with Gasteiger partial charge in [0, 0.05) is 43.5 Å². The van der Waals surface area contributed by atoms with E-state index in [4.69, 9.17) is 14.7 Å². The van der Waals surface area contributed by atoms with Gasteiger partial charge in [0.2, 0.25) is 0 Å². The van der Waals surface area contributed by atoms with E-state index in [0.717, 1.165) is 80.7 Å². The van der Waals surface area contributed by atoms with Gasteiger partial charge in [-0.05, 0) is 82.3 Å². The van der Waals surface area contributed by atoms with Crippen LogP contribution in [0.15, 0.2) is 24.3 Å². The molecule has 6 nitrogen and oxygen atoms in total. The van der Waals surface area contributed by atoms with Crippen LogP contribution in [0.4, 0.5) is 5.82 Å². The SMILES string of the molecule is CCCc1nc(NC2CCN(Cc3ccc(OCCN4CCCC4)cc3)CC2)c2c(C)c(C)sc2n1. The molecule has 7 heteroatoms. The van der Waals surface area contributed by atoms with Gasteiger partial charge in [-0.15, -0.1) is 11.3 Å². The first-order valence-corrected chi connectivity index (χ1v) is 14.6. The molecule has 0 atom stereocenters. The van der Waals surface area contributed by atoms with Gasteiger partial charge in [0.1, 0.15) is 28.8 Å². The minimum Gasteiger partial charge on any atom is -0.492 e. The number of aromatic nitrogens is 2. The number of aryl methyl sites for hydroxylation is 3. The molecule has 1 N–H and O–H groups in total. The summed E-state index contributed by atoms with van der Waals surface area (Å²) < 4.78 is 5.97. The van der Waals surface area contributed by atoms with E-state index in [1.165, 1.54) is 47.3 Å². The first kappa shape index (κ1) is 25.4. The molecule has 3 aromatic rings. The quantitative estimate of drug-likeness (QED) is 0.374. The average Bonchev–Trinajstić information content (AvgIpc) is 3.49. The van der Waals surface area contributed by atoms with Gasteiger partial charge in [-0.25, -0.2) is 9.97 Å². The zero-order chi connectivity index (χ0) is 24.9. The van der Waals surface area contributed by atoms with E-state index in [2.05, 4.69) is 60.2 Å². The van der Waals surface area contributed by atoms with Crippen LogP contribution in [0.5, 0.6) is 5.75 Å². The molecule has 0 spiro atoms. The topological polar surface area (TPSA) is 53.5 Å². The third kappa shape index (κ3) is 6.18. The first-order valence-electron chi connectivity index (χ1n) is 13.8. The smallest absolute Gasteiger partial charge is 0.139 e. The number of nitrogens with zero attached hydrogens (tertiary/aromatic N) is 4. The van der Waals surface area contributed by atoms with Crippen molar-refractivity contribution in [3.63, 3.8) is 0 Å². The third-order valence-electron chi connectivity index (χ3n) is 7.68. The monoisotopic (exact) mass is 507 g/mol. The van der Waals surface area contributed by atoms with Gasteiger partial charge in [-0.2, -0.15) is 0 Å². The molecule has 0 amide bonds. The number of hydrogen-bond acceptors (Lipinski definition) is 7. The summed E-state index contributed by atoms with van der Waals surface area (Å²) in [5, 5.41) is 5.04. The van der Waals surface area contributed by atoms with Crippen molar-refractivity contribution >= 4 is 27.4 Å². The van der Waals surface area contributed by atoms with Gasteiger partial charge in [0.05, 0.1) is 5.39 Å². The lowest BCUT2D eigenvalue weighted by Crippen LogP contribution is -2.38. The highest BCUT2D eigenvalue weighted by Crippen LogP contribution is 2.34. The van der Waals surface area contributed by atoms with E-state index >= 15 is 0 Å². The Morgan fingerprint density at radius 3 is 2.47 bits per heavy atom. The summed E-state index contributed by atoms with van der Waals surface area (Å²) in [7, 11) is 0. The Labute approximate surface area is 220 Å². The standard InChI is InChI=1S/C29H41N5OS/c1-4-7-26-31-28(27-21(2)22(3)36-29(27)32-26)30-24-12-16-34(17-13-24)20-23-8-10-25(11-9-23)35-19-18-33-14-5-6-15-33/h8-11,24H,4-7,12-20H2,1-3H3,(H,30,31,32). The van der Waals surface area contributed by atoms with Crippen molar-refractivity contribution < 1.29 is 4.74 Å². The second kappa shape index (κ2) is 11.9. The lowest BCUT2D eigenvalue weighted by molar-refractivity contribution is 0.211. The number of fused-ring (bicyclic) bond motifs is 1. The number of rotatable bonds is 10. The fourth-order valence-corrected chi connectivity index (χ4v) is 6.46. The molecule has 2 saturated heterocycles. The summed E-state index contributed by atoms with van der Waals surface area (Å²) in [6.45, 7) is 14.1. The predicted octanol–water partition coefficient (Wildman–Crippen LogP) is 5.81. The van der Waals surface area contributed by atoms with Gasteiger partial charge in [-0.3, -0.25) is 9.80 Å². The van der Waals surface area contributed by atoms with Crippen LogP contribution in [0.25, 0.3) is 10.2 Å². The van der Waals surface area contributed by atoms with E-state index in [-0.39, 0.29) is 0 Å². The van der Waals surface area contributed by atoms with Crippen LogP contribution >= 0.6 is 11.3 Å². The molecule has 2 aliphatic heterocycles. The summed E-state index contributed by atoms with van der Waals surface area (Å²) in [6.07, 6.45) is 6.93. The lowest BCUT2D eigenvalue weighted by atomic mass is 10.0. The normalized spacial score (nSPS) is 17.8. The van der Waals surface area contributed by atoms with Crippen molar-refractivity contribution in [1.29, 1.82) is 0 Å². The first-order chi connectivity index (χ1) is 17.6. The Bertz CT molecular complexity index is 1130. The van der Waals surface area contributed by atoms with Crippen LogP contribution in [0.1, 0.15) is 60.9 Å². The maximum absolute atomic E-state index is 5.97. The molecule has 194 valence electrons. The van der Waals surface area contributed by atoms with Crippen molar-refractivity contribution in [3.8, 4) is 5.75 Å². The third-order valence-corrected chi connectivity index (χ3v) is 8.78. The molecule has 0 bridgehead atoms. The molecule has 2 fully saturated rings. The van der Waals surface area contributed by atoms with Crippen molar-refractivity contribution in [2.45, 2.75) is 71.9 Å². The molecule has 5 rings (SSSR count). The number of thiophene rings is 1. The Morgan fingerprint density at radius 1 is 1.00 bits per heavy atom. The number of likely N-dealkylation sites (tertiary alicyclic amines) is 2. The number of ether oxygens (including phenoxy) is 1. The maximum atomic E-state index is 5.97. The van der Waals surface area contributed by atoms with Gasteiger partial charge in [0.25, 0.3) is 0 Å². The van der Waals surface area contributed by atoms with Crippen LogP contribution in [-0.4, -0.2) is 65.1 Å². The highest BCUT2D eigenvalue weighted by molar-refractivity contribution is 7.18. The highest BCUT2D eigenvalue weighted by Gasteiger charge is 2.22. The zero-order valence-electron chi connectivity index (χ0n) is 22.2. The predicted molar refractivity (Wildman–Crippen MR) is 150 cm³/mol. The molecule has 0 aliphatic carbocycles. The Hall–Kier alpha value is -2.22. The fraction of sp³-hybridized carbons (Fsp3) is 0.586. The number of hydrogen-bond donors (Lipinski definition) is 1. The summed E-state index contributed by atoms with van der Waals surface area (Å²) >= 11 is 1.80. The Kier molecular flexibility index (Phi) is 8.40. The Balaban J connectivity index is 1.12. The van der Waals surface area contributed by atoms with E-state index in [0.29, 0.717) is 6.04 Å². The van der Waals surface area contributed by atoms with E-state index in [1.54, 1.807) is 11.3 Å². The summed E-state index contributed by atoms with van der Waals surface area (Å²) in [5.74, 6) is 3.00. The molecular weight excluding hydrogens is 466 g/mol. The van der Waals surface area contributed by atoms with Crippen LogP contribution in [0, 0.1) is 13.8 Å². The molecule has 4 heterocycles. The van der Waals surface area contributed by atoms with Crippen LogP contribution < -0.4 is 10.1 Å². The van der Waals surface area contributed by atoms with Crippen molar-refractivity contribution in [2.24, 2.45) is 0 Å². The second-order valence-electron chi connectivity index (χ2n) is 10.4. The lowest BCUT2D eigenvalue weighted by Gasteiger charge is -2.32. The summed E-state index contributed by atoms with van der Waals surface area (Å²) in [6, 6.07) is 9.17. The largest absolute Gasteiger partial charge is 0.492 e. The van der Waals surface area contributed by atoms with E-state index < -0.39 is 0 Å². The number of benzene rings is 1. The number of nitrogens with one attached hydrogen (secondary N) is 1. The molecule has 1 aromatic carbocycles. The van der Waals surface area contributed by atoms with Gasteiger partial charge in [-0.1, -0.05) is 19.1 Å². The van der Waals surface area contributed by atoms with Crippen molar-refractivity contribution in [1.82, 2.24) is 19.8 Å². The number of piperidine rings is 1. The van der Waals surface area contributed by atoms with Crippen LogP contribution in [0.2, 0.25) is 0 Å². The van der Waals surface area contributed by atoms with Gasteiger partial charge in [0.15, 0.2) is 0 Å². The molecule has 2 aromatic heterocycles. The summed E-state index contributed by atoms with van der Waals surface area (Å²) in [5.41, 5.74) is 2.68. The molecule has 0 saturated carbocycles. The number of anilines is 1. The average molecular weight is 508 g/mol.